The quantitative estimate of drug-likeness (QED) is 0.419. The number of rotatable bonds is 4. The predicted molar refractivity (Wildman–Crippen MR) is 123 cm³/mol. The summed E-state index contributed by atoms with van der Waals surface area (Å²) < 4.78 is 19.3. The first-order valence-corrected chi connectivity index (χ1v) is 10.7. The van der Waals surface area contributed by atoms with Crippen molar-refractivity contribution in [1.29, 1.82) is 0 Å². The van der Waals surface area contributed by atoms with Crippen molar-refractivity contribution >= 4 is 22.7 Å². The number of likely N-dealkylation sites (tertiary alicyclic amines) is 1. The summed E-state index contributed by atoms with van der Waals surface area (Å²) in [6.45, 7) is 0.628. The van der Waals surface area contributed by atoms with Gasteiger partial charge in [-0.05, 0) is 72.5 Å². The molecule has 1 saturated heterocycles. The molecule has 1 fully saturated rings. The van der Waals surface area contributed by atoms with E-state index in [1.165, 1.54) is 24.3 Å². The van der Waals surface area contributed by atoms with Crippen LogP contribution >= 0.6 is 0 Å². The summed E-state index contributed by atoms with van der Waals surface area (Å²) in [4.78, 5) is 21.6. The first kappa shape index (κ1) is 20.2. The molecule has 1 aliphatic rings. The number of amides is 1. The van der Waals surface area contributed by atoms with E-state index < -0.39 is 0 Å². The average Bonchev–Trinajstić information content (AvgIpc) is 3.45. The molecule has 32 heavy (non-hydrogen) atoms. The highest BCUT2D eigenvalue weighted by Crippen LogP contribution is 2.35. The van der Waals surface area contributed by atoms with Gasteiger partial charge >= 0.3 is 0 Å². The summed E-state index contributed by atoms with van der Waals surface area (Å²) in [5.74, 6) is 0.0649. The molecular formula is C26H24FN3O2. The SMILES string of the molecule is CN(C)c1ccc(-c2ccc3oc([C@@H]4CCCN4C(=O)c4ccc(F)cc4)nc3c2)cc1. The van der Waals surface area contributed by atoms with Gasteiger partial charge in [0.15, 0.2) is 5.58 Å². The van der Waals surface area contributed by atoms with E-state index in [4.69, 9.17) is 9.40 Å². The molecule has 5 rings (SSSR count). The van der Waals surface area contributed by atoms with E-state index in [0.717, 1.165) is 35.2 Å². The molecule has 1 aliphatic heterocycles. The van der Waals surface area contributed by atoms with Gasteiger partial charge < -0.3 is 14.2 Å². The molecule has 4 aromatic rings. The van der Waals surface area contributed by atoms with Crippen molar-refractivity contribution in [1.82, 2.24) is 9.88 Å². The number of hydrogen-bond acceptors (Lipinski definition) is 4. The second-order valence-electron chi connectivity index (χ2n) is 8.34. The number of benzene rings is 3. The van der Waals surface area contributed by atoms with Crippen molar-refractivity contribution in [3.8, 4) is 11.1 Å². The molecule has 162 valence electrons. The van der Waals surface area contributed by atoms with Crippen LogP contribution < -0.4 is 4.90 Å². The highest BCUT2D eigenvalue weighted by atomic mass is 19.1. The molecule has 0 N–H and O–H groups in total. The maximum Gasteiger partial charge on any atom is 0.254 e. The third-order valence-electron chi connectivity index (χ3n) is 6.01. The maximum atomic E-state index is 13.2. The van der Waals surface area contributed by atoms with Crippen molar-refractivity contribution in [3.05, 3.63) is 84.0 Å². The van der Waals surface area contributed by atoms with Gasteiger partial charge in [-0.2, -0.15) is 0 Å². The van der Waals surface area contributed by atoms with Gasteiger partial charge in [0.25, 0.3) is 5.91 Å². The third-order valence-corrected chi connectivity index (χ3v) is 6.01. The molecule has 3 aromatic carbocycles. The van der Waals surface area contributed by atoms with Crippen LogP contribution in [0.25, 0.3) is 22.2 Å². The second kappa shape index (κ2) is 8.11. The third kappa shape index (κ3) is 3.73. The normalized spacial score (nSPS) is 16.0. The van der Waals surface area contributed by atoms with Crippen LogP contribution in [0.1, 0.15) is 35.1 Å². The number of hydrogen-bond donors (Lipinski definition) is 0. The van der Waals surface area contributed by atoms with Crippen LogP contribution in [0.4, 0.5) is 10.1 Å². The zero-order valence-electron chi connectivity index (χ0n) is 18.1. The maximum absolute atomic E-state index is 13.2. The first-order valence-electron chi connectivity index (χ1n) is 10.7. The highest BCUT2D eigenvalue weighted by molar-refractivity contribution is 5.94. The van der Waals surface area contributed by atoms with Crippen LogP contribution in [0.15, 0.2) is 71.1 Å². The van der Waals surface area contributed by atoms with Crippen LogP contribution in [0.3, 0.4) is 0 Å². The Morgan fingerprint density at radius 1 is 1.03 bits per heavy atom. The number of oxazole rings is 1. The number of aromatic nitrogens is 1. The van der Waals surface area contributed by atoms with Crippen molar-refractivity contribution in [2.24, 2.45) is 0 Å². The summed E-state index contributed by atoms with van der Waals surface area (Å²) in [6.07, 6.45) is 1.67. The Kier molecular flexibility index (Phi) is 5.13. The minimum atomic E-state index is -0.356. The lowest BCUT2D eigenvalue weighted by molar-refractivity contribution is 0.0717. The van der Waals surface area contributed by atoms with Crippen LogP contribution in [-0.4, -0.2) is 36.4 Å². The molecule has 0 unspecified atom stereocenters. The molecule has 2 heterocycles. The number of fused-ring (bicyclic) bond motifs is 1. The smallest absolute Gasteiger partial charge is 0.254 e. The van der Waals surface area contributed by atoms with Gasteiger partial charge in [-0.15, -0.1) is 0 Å². The van der Waals surface area contributed by atoms with E-state index in [1.807, 2.05) is 32.3 Å². The fourth-order valence-corrected chi connectivity index (χ4v) is 4.24. The Labute approximate surface area is 186 Å². The van der Waals surface area contributed by atoms with Gasteiger partial charge in [-0.3, -0.25) is 4.79 Å². The molecule has 6 heteroatoms. The molecule has 5 nitrogen and oxygen atoms in total. The van der Waals surface area contributed by atoms with E-state index >= 15 is 0 Å². The molecule has 0 spiro atoms. The lowest BCUT2D eigenvalue weighted by Crippen LogP contribution is -2.30. The molecule has 0 aliphatic carbocycles. The molecule has 0 radical (unpaired) electrons. The van der Waals surface area contributed by atoms with Gasteiger partial charge in [0.2, 0.25) is 5.89 Å². The Bertz CT molecular complexity index is 1260. The number of carbonyl (C=O) groups excluding carboxylic acids is 1. The van der Waals surface area contributed by atoms with Gasteiger partial charge in [0.1, 0.15) is 17.4 Å². The molecular weight excluding hydrogens is 405 g/mol. The fourth-order valence-electron chi connectivity index (χ4n) is 4.24. The minimum absolute atomic E-state index is 0.128. The second-order valence-corrected chi connectivity index (χ2v) is 8.34. The first-order chi connectivity index (χ1) is 15.5. The van der Waals surface area contributed by atoms with Crippen LogP contribution in [0, 0.1) is 5.82 Å². The summed E-state index contributed by atoms with van der Waals surface area (Å²) in [6, 6.07) is 19.8. The Hall–Kier alpha value is -3.67. The highest BCUT2D eigenvalue weighted by Gasteiger charge is 2.34. The van der Waals surface area contributed by atoms with Crippen molar-refractivity contribution in [2.45, 2.75) is 18.9 Å². The summed E-state index contributed by atoms with van der Waals surface area (Å²) in [5, 5.41) is 0. The van der Waals surface area contributed by atoms with Crippen molar-refractivity contribution in [3.63, 3.8) is 0 Å². The van der Waals surface area contributed by atoms with Crippen LogP contribution in [0.5, 0.6) is 0 Å². The van der Waals surface area contributed by atoms with Gasteiger partial charge in [0.05, 0.1) is 0 Å². The molecule has 1 aromatic heterocycles. The Morgan fingerprint density at radius 2 is 1.75 bits per heavy atom. The molecule has 1 atom stereocenters. The largest absolute Gasteiger partial charge is 0.438 e. The predicted octanol–water partition coefficient (Wildman–Crippen LogP) is 5.68. The topological polar surface area (TPSA) is 49.6 Å². The average molecular weight is 429 g/mol. The molecule has 0 saturated carbocycles. The standard InChI is InChI=1S/C26H24FN3O2/c1-29(2)21-12-7-17(8-13-21)19-9-14-24-22(16-19)28-25(32-24)23-4-3-15-30(23)26(31)18-5-10-20(27)11-6-18/h5-14,16,23H,3-4,15H2,1-2H3/t23-/m0/s1. The lowest BCUT2D eigenvalue weighted by atomic mass is 10.0. The molecule has 1 amide bonds. The lowest BCUT2D eigenvalue weighted by Gasteiger charge is -2.22. The van der Waals surface area contributed by atoms with Crippen LogP contribution in [-0.2, 0) is 0 Å². The Balaban J connectivity index is 1.42. The van der Waals surface area contributed by atoms with E-state index in [9.17, 15) is 9.18 Å². The van der Waals surface area contributed by atoms with Crippen molar-refractivity contribution < 1.29 is 13.6 Å². The number of nitrogens with zero attached hydrogens (tertiary/aromatic N) is 3. The zero-order valence-corrected chi connectivity index (χ0v) is 18.1. The number of carbonyl (C=O) groups is 1. The molecule has 0 bridgehead atoms. The summed E-state index contributed by atoms with van der Waals surface area (Å²) in [7, 11) is 4.04. The van der Waals surface area contributed by atoms with Crippen molar-refractivity contribution in [2.75, 3.05) is 25.5 Å². The minimum Gasteiger partial charge on any atom is -0.438 e. The van der Waals surface area contributed by atoms with E-state index in [-0.39, 0.29) is 17.8 Å². The fraction of sp³-hybridized carbons (Fsp3) is 0.231. The van der Waals surface area contributed by atoms with Gasteiger partial charge in [0, 0.05) is 31.9 Å². The summed E-state index contributed by atoms with van der Waals surface area (Å²) in [5.41, 5.74) is 5.26. The summed E-state index contributed by atoms with van der Waals surface area (Å²) >= 11 is 0. The van der Waals surface area contributed by atoms with E-state index in [0.29, 0.717) is 23.6 Å². The van der Waals surface area contributed by atoms with Crippen LogP contribution in [0.2, 0.25) is 0 Å². The van der Waals surface area contributed by atoms with Gasteiger partial charge in [-0.25, -0.2) is 9.37 Å². The number of halogens is 1. The number of anilines is 1. The van der Waals surface area contributed by atoms with Gasteiger partial charge in [-0.1, -0.05) is 18.2 Å². The Morgan fingerprint density at radius 3 is 2.47 bits per heavy atom. The zero-order chi connectivity index (χ0) is 22.2. The monoisotopic (exact) mass is 429 g/mol. The van der Waals surface area contributed by atoms with E-state index in [1.54, 1.807) is 4.90 Å². The van der Waals surface area contributed by atoms with E-state index in [2.05, 4.69) is 29.2 Å².